The Morgan fingerprint density at radius 1 is 1.19 bits per heavy atom. The highest BCUT2D eigenvalue weighted by atomic mass is 35.5. The van der Waals surface area contributed by atoms with E-state index in [-0.39, 0.29) is 11.8 Å². The van der Waals surface area contributed by atoms with Gasteiger partial charge in [0.1, 0.15) is 6.10 Å². The lowest BCUT2D eigenvalue weighted by atomic mass is 10.1. The second-order valence-corrected chi connectivity index (χ2v) is 6.73. The molecule has 1 heterocycles. The van der Waals surface area contributed by atoms with E-state index in [1.807, 2.05) is 24.3 Å². The molecule has 0 amide bonds. The number of ether oxygens (including phenoxy) is 1. The Morgan fingerprint density at radius 2 is 1.88 bits per heavy atom. The first kappa shape index (κ1) is 18.4. The molecular formula is C19H19ClN2O4. The first-order valence-corrected chi connectivity index (χ1v) is 8.81. The second kappa shape index (κ2) is 8.29. The Hall–Kier alpha value is -2.44. The van der Waals surface area contributed by atoms with E-state index in [0.29, 0.717) is 12.1 Å². The fourth-order valence-electron chi connectivity index (χ4n) is 2.97. The lowest BCUT2D eigenvalue weighted by molar-refractivity contribution is -0.384. The average molecular weight is 375 g/mol. The Kier molecular flexibility index (Phi) is 5.85. The van der Waals surface area contributed by atoms with E-state index in [1.165, 1.54) is 29.8 Å². The molecule has 0 radical (unpaired) electrons. The van der Waals surface area contributed by atoms with E-state index in [0.717, 1.165) is 31.0 Å². The number of nitro groups is 1. The van der Waals surface area contributed by atoms with Gasteiger partial charge in [0.15, 0.2) is 0 Å². The van der Waals surface area contributed by atoms with Crippen molar-refractivity contribution in [1.29, 1.82) is 0 Å². The van der Waals surface area contributed by atoms with Gasteiger partial charge in [-0.3, -0.25) is 15.0 Å². The summed E-state index contributed by atoms with van der Waals surface area (Å²) in [7, 11) is 0. The number of carbonyl (C=O) groups is 1. The number of non-ortho nitro benzene ring substituents is 1. The summed E-state index contributed by atoms with van der Waals surface area (Å²) in [5, 5.41) is 11.4. The highest BCUT2D eigenvalue weighted by Crippen LogP contribution is 2.18. The SMILES string of the molecule is O=C(OC1CCN(CCc2ccc(Cl)cc2)C1)c1ccc([N+](=O)[O-])cc1. The monoisotopic (exact) mass is 374 g/mol. The van der Waals surface area contributed by atoms with Crippen LogP contribution in [0.5, 0.6) is 0 Å². The number of benzene rings is 2. The fourth-order valence-corrected chi connectivity index (χ4v) is 3.10. The summed E-state index contributed by atoms with van der Waals surface area (Å²) in [5.74, 6) is -0.440. The van der Waals surface area contributed by atoms with Crippen LogP contribution in [-0.4, -0.2) is 41.5 Å². The third kappa shape index (κ3) is 4.80. The van der Waals surface area contributed by atoms with Crippen LogP contribution in [0.25, 0.3) is 0 Å². The van der Waals surface area contributed by atoms with Crippen molar-refractivity contribution in [3.05, 3.63) is 74.8 Å². The zero-order valence-electron chi connectivity index (χ0n) is 14.1. The van der Waals surface area contributed by atoms with E-state index in [1.54, 1.807) is 0 Å². The maximum Gasteiger partial charge on any atom is 0.338 e. The van der Waals surface area contributed by atoms with Crippen LogP contribution >= 0.6 is 11.6 Å². The van der Waals surface area contributed by atoms with Crippen molar-refractivity contribution in [3.8, 4) is 0 Å². The third-order valence-electron chi connectivity index (χ3n) is 4.45. The molecule has 0 N–H and O–H groups in total. The molecule has 0 saturated carbocycles. The predicted molar refractivity (Wildman–Crippen MR) is 98.5 cm³/mol. The Bertz CT molecular complexity index is 777. The molecule has 2 aromatic rings. The summed E-state index contributed by atoms with van der Waals surface area (Å²) in [6, 6.07) is 13.3. The molecule has 7 heteroatoms. The van der Waals surface area contributed by atoms with Gasteiger partial charge in [0, 0.05) is 36.8 Å². The number of carbonyl (C=O) groups excluding carboxylic acids is 1. The summed E-state index contributed by atoms with van der Waals surface area (Å²) in [6.45, 7) is 2.48. The van der Waals surface area contributed by atoms with Gasteiger partial charge in [-0.1, -0.05) is 23.7 Å². The smallest absolute Gasteiger partial charge is 0.338 e. The summed E-state index contributed by atoms with van der Waals surface area (Å²) in [4.78, 5) is 24.6. The molecule has 6 nitrogen and oxygen atoms in total. The number of hydrogen-bond acceptors (Lipinski definition) is 5. The van der Waals surface area contributed by atoms with Gasteiger partial charge < -0.3 is 4.74 Å². The number of nitrogens with zero attached hydrogens (tertiary/aromatic N) is 2. The van der Waals surface area contributed by atoms with E-state index in [2.05, 4.69) is 4.90 Å². The quantitative estimate of drug-likeness (QED) is 0.437. The molecule has 3 rings (SSSR count). The van der Waals surface area contributed by atoms with Crippen molar-refractivity contribution >= 4 is 23.3 Å². The number of nitro benzene ring substituents is 1. The number of rotatable bonds is 6. The van der Waals surface area contributed by atoms with Crippen LogP contribution in [0.3, 0.4) is 0 Å². The maximum absolute atomic E-state index is 12.2. The van der Waals surface area contributed by atoms with Gasteiger partial charge in [-0.2, -0.15) is 0 Å². The van der Waals surface area contributed by atoms with Crippen LogP contribution in [0.2, 0.25) is 5.02 Å². The van der Waals surface area contributed by atoms with Crippen molar-refractivity contribution < 1.29 is 14.5 Å². The Balaban J connectivity index is 1.47. The molecule has 136 valence electrons. The minimum absolute atomic E-state index is 0.0456. The topological polar surface area (TPSA) is 72.7 Å². The molecule has 1 saturated heterocycles. The lowest BCUT2D eigenvalue weighted by Gasteiger charge is -2.16. The maximum atomic E-state index is 12.2. The fraction of sp³-hybridized carbons (Fsp3) is 0.316. The number of esters is 1. The van der Waals surface area contributed by atoms with Crippen molar-refractivity contribution in [2.45, 2.75) is 18.9 Å². The molecule has 0 aromatic heterocycles. The van der Waals surface area contributed by atoms with E-state index >= 15 is 0 Å². The number of halogens is 1. The molecule has 2 aromatic carbocycles. The molecule has 0 bridgehead atoms. The van der Waals surface area contributed by atoms with E-state index < -0.39 is 10.9 Å². The first-order valence-electron chi connectivity index (χ1n) is 8.43. The van der Waals surface area contributed by atoms with Crippen LogP contribution in [0.4, 0.5) is 5.69 Å². The lowest BCUT2D eigenvalue weighted by Crippen LogP contribution is -2.26. The molecule has 26 heavy (non-hydrogen) atoms. The minimum atomic E-state index is -0.495. The average Bonchev–Trinajstić information content (AvgIpc) is 3.08. The Morgan fingerprint density at radius 3 is 2.54 bits per heavy atom. The Labute approximate surface area is 156 Å². The van der Waals surface area contributed by atoms with Crippen molar-refractivity contribution in [2.24, 2.45) is 0 Å². The van der Waals surface area contributed by atoms with Crippen LogP contribution in [0.1, 0.15) is 22.3 Å². The normalized spacial score (nSPS) is 17.2. The van der Waals surface area contributed by atoms with Gasteiger partial charge in [0.25, 0.3) is 5.69 Å². The largest absolute Gasteiger partial charge is 0.457 e. The van der Waals surface area contributed by atoms with Gasteiger partial charge in [-0.05, 0) is 42.7 Å². The highest BCUT2D eigenvalue weighted by Gasteiger charge is 2.26. The molecule has 1 aliphatic heterocycles. The van der Waals surface area contributed by atoms with Gasteiger partial charge in [0.2, 0.25) is 0 Å². The zero-order valence-corrected chi connectivity index (χ0v) is 14.9. The van der Waals surface area contributed by atoms with Gasteiger partial charge in [-0.25, -0.2) is 4.79 Å². The summed E-state index contributed by atoms with van der Waals surface area (Å²) in [6.07, 6.45) is 1.56. The number of likely N-dealkylation sites (tertiary alicyclic amines) is 1. The first-order chi connectivity index (χ1) is 12.5. The van der Waals surface area contributed by atoms with Gasteiger partial charge in [-0.15, -0.1) is 0 Å². The van der Waals surface area contributed by atoms with Crippen LogP contribution in [0, 0.1) is 10.1 Å². The van der Waals surface area contributed by atoms with Gasteiger partial charge in [0.05, 0.1) is 10.5 Å². The number of hydrogen-bond donors (Lipinski definition) is 0. The van der Waals surface area contributed by atoms with Crippen molar-refractivity contribution in [1.82, 2.24) is 4.90 Å². The zero-order chi connectivity index (χ0) is 18.5. The van der Waals surface area contributed by atoms with Gasteiger partial charge >= 0.3 is 5.97 Å². The summed E-state index contributed by atoms with van der Waals surface area (Å²) >= 11 is 5.89. The van der Waals surface area contributed by atoms with Crippen molar-refractivity contribution in [3.63, 3.8) is 0 Å². The molecule has 1 aliphatic rings. The van der Waals surface area contributed by atoms with Crippen LogP contribution in [0.15, 0.2) is 48.5 Å². The van der Waals surface area contributed by atoms with E-state index in [9.17, 15) is 14.9 Å². The molecule has 1 fully saturated rings. The molecular weight excluding hydrogens is 356 g/mol. The molecule has 0 spiro atoms. The standard InChI is InChI=1S/C19H19ClN2O4/c20-16-5-1-14(2-6-16)9-11-21-12-10-18(13-21)26-19(23)15-3-7-17(8-4-15)22(24)25/h1-8,18H,9-13H2. The molecule has 1 atom stereocenters. The predicted octanol–water partition coefficient (Wildman–Crippen LogP) is 3.72. The highest BCUT2D eigenvalue weighted by molar-refractivity contribution is 6.30. The molecule has 0 aliphatic carbocycles. The summed E-state index contributed by atoms with van der Waals surface area (Å²) in [5.41, 5.74) is 1.51. The van der Waals surface area contributed by atoms with Crippen LogP contribution < -0.4 is 0 Å². The third-order valence-corrected chi connectivity index (χ3v) is 4.70. The second-order valence-electron chi connectivity index (χ2n) is 6.30. The minimum Gasteiger partial charge on any atom is -0.457 e. The molecule has 1 unspecified atom stereocenters. The van der Waals surface area contributed by atoms with Crippen molar-refractivity contribution in [2.75, 3.05) is 19.6 Å². The van der Waals surface area contributed by atoms with Crippen LogP contribution in [-0.2, 0) is 11.2 Å². The summed E-state index contributed by atoms with van der Waals surface area (Å²) < 4.78 is 5.53. The van der Waals surface area contributed by atoms with E-state index in [4.69, 9.17) is 16.3 Å².